The molecular formula is C9H13N3OS2. The third-order valence-corrected chi connectivity index (χ3v) is 3.83. The molecule has 82 valence electrons. The summed E-state index contributed by atoms with van der Waals surface area (Å²) in [5, 5.41) is 13.0. The number of nitrogen functional groups attached to an aromatic ring is 1. The van der Waals surface area contributed by atoms with E-state index in [1.165, 1.54) is 11.3 Å². The number of hydrogen-bond acceptors (Lipinski definition) is 6. The molecule has 4 nitrogen and oxygen atoms in total. The van der Waals surface area contributed by atoms with Gasteiger partial charge in [-0.1, -0.05) is 0 Å². The largest absolute Gasteiger partial charge is 0.396 e. The van der Waals surface area contributed by atoms with Crippen LogP contribution in [0.1, 0.15) is 4.88 Å². The SMILES string of the molecule is COCCNc1sc(C#N)c(N)c1SC. The zero-order chi connectivity index (χ0) is 11.3. The van der Waals surface area contributed by atoms with Gasteiger partial charge in [0.2, 0.25) is 0 Å². The van der Waals surface area contributed by atoms with E-state index < -0.39 is 0 Å². The molecule has 3 N–H and O–H groups in total. The summed E-state index contributed by atoms with van der Waals surface area (Å²) in [6.07, 6.45) is 1.95. The molecule has 0 aliphatic rings. The van der Waals surface area contributed by atoms with Gasteiger partial charge in [0, 0.05) is 13.7 Å². The molecule has 0 saturated carbocycles. The fraction of sp³-hybridized carbons (Fsp3) is 0.444. The fourth-order valence-corrected chi connectivity index (χ4v) is 2.96. The number of nitriles is 1. The van der Waals surface area contributed by atoms with Gasteiger partial charge in [-0.3, -0.25) is 0 Å². The molecule has 0 saturated heterocycles. The second-order valence-electron chi connectivity index (χ2n) is 2.74. The summed E-state index contributed by atoms with van der Waals surface area (Å²) in [5.41, 5.74) is 6.40. The van der Waals surface area contributed by atoms with Crippen molar-refractivity contribution in [1.29, 1.82) is 5.26 Å². The van der Waals surface area contributed by atoms with E-state index in [4.69, 9.17) is 15.7 Å². The van der Waals surface area contributed by atoms with Crippen molar-refractivity contribution < 1.29 is 4.74 Å². The number of nitrogens with one attached hydrogen (secondary N) is 1. The number of ether oxygens (including phenoxy) is 1. The highest BCUT2D eigenvalue weighted by atomic mass is 32.2. The zero-order valence-electron chi connectivity index (χ0n) is 8.66. The predicted octanol–water partition coefficient (Wildman–Crippen LogP) is 1.98. The highest BCUT2D eigenvalue weighted by molar-refractivity contribution is 7.99. The number of rotatable bonds is 5. The van der Waals surface area contributed by atoms with Crippen molar-refractivity contribution in [2.24, 2.45) is 0 Å². The van der Waals surface area contributed by atoms with E-state index >= 15 is 0 Å². The van der Waals surface area contributed by atoms with Gasteiger partial charge in [-0.25, -0.2) is 0 Å². The van der Waals surface area contributed by atoms with Crippen LogP contribution in [0.5, 0.6) is 0 Å². The number of hydrogen-bond donors (Lipinski definition) is 2. The van der Waals surface area contributed by atoms with Crippen molar-refractivity contribution in [3.05, 3.63) is 4.88 Å². The van der Waals surface area contributed by atoms with Crippen LogP contribution < -0.4 is 11.1 Å². The van der Waals surface area contributed by atoms with Gasteiger partial charge in [0.25, 0.3) is 0 Å². The molecule has 1 rings (SSSR count). The number of anilines is 2. The number of nitrogens with zero attached hydrogens (tertiary/aromatic N) is 1. The minimum absolute atomic E-state index is 0.569. The Balaban J connectivity index is 2.83. The second-order valence-corrected chi connectivity index (χ2v) is 4.58. The second kappa shape index (κ2) is 5.85. The van der Waals surface area contributed by atoms with Crippen LogP contribution in [0.2, 0.25) is 0 Å². The van der Waals surface area contributed by atoms with Crippen molar-refractivity contribution in [3.8, 4) is 6.07 Å². The number of nitrogens with two attached hydrogens (primary N) is 1. The Morgan fingerprint density at radius 1 is 1.67 bits per heavy atom. The van der Waals surface area contributed by atoms with Gasteiger partial charge in [0.1, 0.15) is 15.9 Å². The maximum absolute atomic E-state index is 8.84. The lowest BCUT2D eigenvalue weighted by atomic mass is 10.4. The smallest absolute Gasteiger partial charge is 0.131 e. The van der Waals surface area contributed by atoms with Gasteiger partial charge in [0.15, 0.2) is 0 Å². The van der Waals surface area contributed by atoms with Gasteiger partial charge >= 0.3 is 0 Å². The Morgan fingerprint density at radius 3 is 2.93 bits per heavy atom. The van der Waals surface area contributed by atoms with E-state index in [2.05, 4.69) is 11.4 Å². The monoisotopic (exact) mass is 243 g/mol. The van der Waals surface area contributed by atoms with Crippen LogP contribution in [0.3, 0.4) is 0 Å². The summed E-state index contributed by atoms with van der Waals surface area (Å²) in [4.78, 5) is 1.52. The van der Waals surface area contributed by atoms with Crippen LogP contribution >= 0.6 is 23.1 Å². The molecule has 15 heavy (non-hydrogen) atoms. The lowest BCUT2D eigenvalue weighted by molar-refractivity contribution is 0.211. The summed E-state index contributed by atoms with van der Waals surface area (Å²) in [6, 6.07) is 2.09. The molecule has 0 aliphatic carbocycles. The normalized spacial score (nSPS) is 9.93. The van der Waals surface area contributed by atoms with Crippen molar-refractivity contribution in [1.82, 2.24) is 0 Å². The van der Waals surface area contributed by atoms with E-state index in [1.54, 1.807) is 18.9 Å². The standard InChI is InChI=1S/C9H13N3OS2/c1-13-4-3-12-9-8(14-2)7(11)6(5-10)15-9/h12H,3-4,11H2,1-2H3. The van der Waals surface area contributed by atoms with Crippen molar-refractivity contribution >= 4 is 33.8 Å². The summed E-state index contributed by atoms with van der Waals surface area (Å²) in [7, 11) is 1.65. The molecule has 0 aromatic carbocycles. The lowest BCUT2D eigenvalue weighted by Gasteiger charge is -2.04. The Morgan fingerprint density at radius 2 is 2.40 bits per heavy atom. The van der Waals surface area contributed by atoms with E-state index in [0.29, 0.717) is 17.2 Å². The first-order valence-electron chi connectivity index (χ1n) is 4.33. The van der Waals surface area contributed by atoms with Crippen molar-refractivity contribution in [2.45, 2.75) is 4.90 Å². The maximum Gasteiger partial charge on any atom is 0.131 e. The van der Waals surface area contributed by atoms with E-state index in [9.17, 15) is 0 Å². The molecule has 0 fully saturated rings. The molecule has 1 heterocycles. The Bertz CT molecular complexity index is 370. The average molecular weight is 243 g/mol. The molecule has 0 radical (unpaired) electrons. The first kappa shape index (κ1) is 12.2. The molecule has 6 heteroatoms. The molecule has 1 aromatic heterocycles. The minimum atomic E-state index is 0.569. The average Bonchev–Trinajstić information content (AvgIpc) is 2.55. The van der Waals surface area contributed by atoms with E-state index in [1.807, 2.05) is 6.26 Å². The van der Waals surface area contributed by atoms with Gasteiger partial charge < -0.3 is 15.8 Å². The molecule has 0 atom stereocenters. The van der Waals surface area contributed by atoms with Gasteiger partial charge in [-0.05, 0) is 6.26 Å². The minimum Gasteiger partial charge on any atom is -0.396 e. The number of thiophene rings is 1. The third kappa shape index (κ3) is 2.78. The summed E-state index contributed by atoms with van der Waals surface area (Å²) in [6.45, 7) is 1.35. The van der Waals surface area contributed by atoms with Gasteiger partial charge in [0.05, 0.1) is 17.2 Å². The van der Waals surface area contributed by atoms with Crippen LogP contribution in [0, 0.1) is 11.3 Å². The van der Waals surface area contributed by atoms with Crippen molar-refractivity contribution in [2.75, 3.05) is 37.6 Å². The Labute approximate surface area is 97.4 Å². The molecule has 1 aromatic rings. The highest BCUT2D eigenvalue weighted by Crippen LogP contribution is 2.40. The highest BCUT2D eigenvalue weighted by Gasteiger charge is 2.14. The van der Waals surface area contributed by atoms with E-state index in [-0.39, 0.29) is 0 Å². The molecular weight excluding hydrogens is 230 g/mol. The van der Waals surface area contributed by atoms with Gasteiger partial charge in [-0.15, -0.1) is 23.1 Å². The third-order valence-electron chi connectivity index (χ3n) is 1.80. The molecule has 0 amide bonds. The van der Waals surface area contributed by atoms with Crippen LogP contribution in [0.25, 0.3) is 0 Å². The lowest BCUT2D eigenvalue weighted by Crippen LogP contribution is -2.06. The quantitative estimate of drug-likeness (QED) is 0.611. The summed E-state index contributed by atoms with van der Waals surface area (Å²) >= 11 is 2.93. The zero-order valence-corrected chi connectivity index (χ0v) is 10.3. The fourth-order valence-electron chi connectivity index (χ4n) is 1.10. The first-order chi connectivity index (χ1) is 7.24. The molecule has 0 bridgehead atoms. The molecule has 0 aliphatic heterocycles. The number of methoxy groups -OCH3 is 1. The topological polar surface area (TPSA) is 71.1 Å². The molecule has 0 spiro atoms. The number of thioether (sulfide) groups is 1. The summed E-state index contributed by atoms with van der Waals surface area (Å²) < 4.78 is 4.94. The van der Waals surface area contributed by atoms with E-state index in [0.717, 1.165) is 16.4 Å². The molecule has 0 unspecified atom stereocenters. The Hall–Kier alpha value is -0.900. The predicted molar refractivity (Wildman–Crippen MR) is 65.6 cm³/mol. The van der Waals surface area contributed by atoms with Crippen LogP contribution in [-0.2, 0) is 4.74 Å². The van der Waals surface area contributed by atoms with Gasteiger partial charge in [-0.2, -0.15) is 5.26 Å². The maximum atomic E-state index is 8.84. The first-order valence-corrected chi connectivity index (χ1v) is 6.37. The van der Waals surface area contributed by atoms with Crippen LogP contribution in [0.4, 0.5) is 10.7 Å². The van der Waals surface area contributed by atoms with Crippen molar-refractivity contribution in [3.63, 3.8) is 0 Å². The van der Waals surface area contributed by atoms with Crippen LogP contribution in [-0.4, -0.2) is 26.5 Å². The summed E-state index contributed by atoms with van der Waals surface area (Å²) in [5.74, 6) is 0. The van der Waals surface area contributed by atoms with Crippen LogP contribution in [0.15, 0.2) is 4.90 Å². The Kier molecular flexibility index (Phi) is 4.75.